The van der Waals surface area contributed by atoms with Crippen molar-refractivity contribution in [2.45, 2.75) is 6.92 Å². The van der Waals surface area contributed by atoms with Crippen LogP contribution in [0.1, 0.15) is 16.1 Å². The summed E-state index contributed by atoms with van der Waals surface area (Å²) in [5.74, 6) is 0.386. The van der Waals surface area contributed by atoms with Gasteiger partial charge >= 0.3 is 0 Å². The molecule has 0 aliphatic rings. The molecule has 5 heteroatoms. The third kappa shape index (κ3) is 2.71. The van der Waals surface area contributed by atoms with E-state index >= 15 is 0 Å². The predicted octanol–water partition coefficient (Wildman–Crippen LogP) is -0.0516. The Hall–Kier alpha value is -1.36. The Morgan fingerprint density at radius 1 is 1.58 bits per heavy atom. The van der Waals surface area contributed by atoms with Crippen LogP contribution >= 0.6 is 0 Å². The number of nitrogens with one attached hydrogen (secondary N) is 2. The molecule has 0 radical (unpaired) electrons. The number of H-pyrrole nitrogens is 1. The summed E-state index contributed by atoms with van der Waals surface area (Å²) >= 11 is 0. The fourth-order valence-electron chi connectivity index (χ4n) is 0.541. The number of carbonyl (C=O) groups is 1. The Kier molecular flexibility index (Phi) is 4.71. The summed E-state index contributed by atoms with van der Waals surface area (Å²) in [6, 6.07) is 0. The molecule has 12 heavy (non-hydrogen) atoms. The van der Waals surface area contributed by atoms with Crippen LogP contribution in [0.3, 0.4) is 0 Å². The van der Waals surface area contributed by atoms with E-state index in [0.29, 0.717) is 23.4 Å². The van der Waals surface area contributed by atoms with Gasteiger partial charge in [0.2, 0.25) is 0 Å². The number of aromatic nitrogens is 2. The third-order valence-corrected chi connectivity index (χ3v) is 1.20. The highest BCUT2D eigenvalue weighted by Crippen LogP contribution is 2.07. The number of carbonyl (C=O) groups excluding carboxylic acids is 1. The molecule has 5 nitrogen and oxygen atoms in total. The van der Waals surface area contributed by atoms with Crippen LogP contribution < -0.4 is 11.1 Å². The number of hydrogen-bond acceptors (Lipinski definition) is 4. The largest absolute Gasteiger partial charge is 0.382 e. The molecule has 0 bridgehead atoms. The van der Waals surface area contributed by atoms with E-state index in [1.54, 1.807) is 6.92 Å². The second-order valence-corrected chi connectivity index (χ2v) is 2.27. The first-order chi connectivity index (χ1) is 5.67. The molecule has 0 saturated heterocycles. The lowest BCUT2D eigenvalue weighted by atomic mass is 10.3. The molecule has 0 unspecified atom stereocenters. The molecule has 0 saturated carbocycles. The van der Waals surface area contributed by atoms with Gasteiger partial charge in [0.1, 0.15) is 11.5 Å². The summed E-state index contributed by atoms with van der Waals surface area (Å²) in [6.45, 7) is 1.74. The van der Waals surface area contributed by atoms with Crippen LogP contribution in [0.2, 0.25) is 0 Å². The average Bonchev–Trinajstić information content (AvgIpc) is 2.35. The molecular formula is C7H14N4O. The van der Waals surface area contributed by atoms with E-state index in [1.807, 2.05) is 14.1 Å². The van der Waals surface area contributed by atoms with Crippen LogP contribution in [-0.4, -0.2) is 30.6 Å². The monoisotopic (exact) mass is 170 g/mol. The predicted molar refractivity (Wildman–Crippen MR) is 48.1 cm³/mol. The Bertz CT molecular complexity index is 244. The molecule has 4 N–H and O–H groups in total. The van der Waals surface area contributed by atoms with E-state index in [-0.39, 0.29) is 0 Å². The standard InChI is InChI=1S/C5H7N3O.C2H7N/c1-3-4(2-9)7-8-5(3)6;1-3-2/h2H,1H3,(H3,6,7,8);3H,1-2H3. The van der Waals surface area contributed by atoms with Gasteiger partial charge in [0.15, 0.2) is 6.29 Å². The fourth-order valence-corrected chi connectivity index (χ4v) is 0.541. The minimum atomic E-state index is 0.386. The molecule has 1 aromatic rings. The summed E-state index contributed by atoms with van der Waals surface area (Å²) < 4.78 is 0. The summed E-state index contributed by atoms with van der Waals surface area (Å²) in [6.07, 6.45) is 0.693. The number of nitrogen functional groups attached to an aromatic ring is 1. The molecule has 1 rings (SSSR count). The Labute approximate surface area is 71.3 Å². The van der Waals surface area contributed by atoms with Crippen molar-refractivity contribution in [3.05, 3.63) is 11.3 Å². The van der Waals surface area contributed by atoms with Gasteiger partial charge < -0.3 is 11.1 Å². The van der Waals surface area contributed by atoms with Crippen LogP contribution in [0, 0.1) is 6.92 Å². The van der Waals surface area contributed by atoms with Crippen LogP contribution in [-0.2, 0) is 0 Å². The number of hydrogen-bond donors (Lipinski definition) is 3. The molecule has 0 aliphatic heterocycles. The van der Waals surface area contributed by atoms with Crippen molar-refractivity contribution >= 4 is 12.1 Å². The van der Waals surface area contributed by atoms with E-state index in [1.165, 1.54) is 0 Å². The van der Waals surface area contributed by atoms with Crippen molar-refractivity contribution in [1.29, 1.82) is 0 Å². The second kappa shape index (κ2) is 5.31. The molecule has 68 valence electrons. The molecule has 0 fully saturated rings. The highest BCUT2D eigenvalue weighted by molar-refractivity contribution is 5.76. The lowest BCUT2D eigenvalue weighted by Crippen LogP contribution is -1.89. The molecule has 0 spiro atoms. The number of anilines is 1. The van der Waals surface area contributed by atoms with E-state index in [2.05, 4.69) is 15.5 Å². The molecular weight excluding hydrogens is 156 g/mol. The molecule has 0 aliphatic carbocycles. The molecule has 0 atom stereocenters. The van der Waals surface area contributed by atoms with Crippen molar-refractivity contribution < 1.29 is 4.79 Å². The summed E-state index contributed by atoms with van der Waals surface area (Å²) in [7, 11) is 3.75. The molecule has 0 aromatic carbocycles. The molecule has 1 aromatic heterocycles. The highest BCUT2D eigenvalue weighted by Gasteiger charge is 2.01. The van der Waals surface area contributed by atoms with Gasteiger partial charge in [0.25, 0.3) is 0 Å². The van der Waals surface area contributed by atoms with Crippen molar-refractivity contribution in [2.75, 3.05) is 19.8 Å². The number of aldehydes is 1. The van der Waals surface area contributed by atoms with Crippen LogP contribution in [0.5, 0.6) is 0 Å². The minimum Gasteiger partial charge on any atom is -0.382 e. The van der Waals surface area contributed by atoms with Crippen LogP contribution in [0.15, 0.2) is 0 Å². The third-order valence-electron chi connectivity index (χ3n) is 1.20. The van der Waals surface area contributed by atoms with Gasteiger partial charge in [-0.3, -0.25) is 9.89 Å². The summed E-state index contributed by atoms with van der Waals surface area (Å²) in [4.78, 5) is 10.1. The van der Waals surface area contributed by atoms with Gasteiger partial charge in [-0.25, -0.2) is 0 Å². The maximum absolute atomic E-state index is 10.1. The Morgan fingerprint density at radius 3 is 2.25 bits per heavy atom. The van der Waals surface area contributed by atoms with Gasteiger partial charge in [0, 0.05) is 5.56 Å². The van der Waals surface area contributed by atoms with Gasteiger partial charge in [-0.05, 0) is 21.0 Å². The summed E-state index contributed by atoms with van der Waals surface area (Å²) in [5, 5.41) is 8.84. The maximum Gasteiger partial charge on any atom is 0.168 e. The molecule has 0 amide bonds. The first-order valence-corrected chi connectivity index (χ1v) is 3.51. The van der Waals surface area contributed by atoms with E-state index in [0.717, 1.165) is 0 Å². The number of rotatable bonds is 1. The number of aromatic amines is 1. The van der Waals surface area contributed by atoms with Gasteiger partial charge in [-0.15, -0.1) is 0 Å². The van der Waals surface area contributed by atoms with Crippen LogP contribution in [0.25, 0.3) is 0 Å². The van der Waals surface area contributed by atoms with Gasteiger partial charge in [-0.1, -0.05) is 0 Å². The van der Waals surface area contributed by atoms with E-state index in [4.69, 9.17) is 5.73 Å². The average molecular weight is 170 g/mol. The van der Waals surface area contributed by atoms with E-state index in [9.17, 15) is 4.79 Å². The quantitative estimate of drug-likeness (QED) is 0.516. The molecule has 1 heterocycles. The van der Waals surface area contributed by atoms with Crippen molar-refractivity contribution in [2.24, 2.45) is 0 Å². The fraction of sp³-hybridized carbons (Fsp3) is 0.429. The maximum atomic E-state index is 10.1. The first kappa shape index (κ1) is 10.6. The highest BCUT2D eigenvalue weighted by atomic mass is 16.1. The lowest BCUT2D eigenvalue weighted by molar-refractivity contribution is 0.111. The van der Waals surface area contributed by atoms with Crippen LogP contribution in [0.4, 0.5) is 5.82 Å². The van der Waals surface area contributed by atoms with Crippen molar-refractivity contribution in [1.82, 2.24) is 15.5 Å². The zero-order chi connectivity index (χ0) is 9.56. The number of nitrogens with zero attached hydrogens (tertiary/aromatic N) is 1. The Balaban J connectivity index is 0.000000354. The van der Waals surface area contributed by atoms with Gasteiger partial charge in [-0.2, -0.15) is 5.10 Å². The summed E-state index contributed by atoms with van der Waals surface area (Å²) in [5.41, 5.74) is 6.48. The van der Waals surface area contributed by atoms with Gasteiger partial charge in [0.05, 0.1) is 0 Å². The normalized spacial score (nSPS) is 8.58. The zero-order valence-electron chi connectivity index (χ0n) is 7.51. The smallest absolute Gasteiger partial charge is 0.168 e. The Morgan fingerprint density at radius 2 is 2.08 bits per heavy atom. The van der Waals surface area contributed by atoms with Crippen molar-refractivity contribution in [3.8, 4) is 0 Å². The van der Waals surface area contributed by atoms with Crippen molar-refractivity contribution in [3.63, 3.8) is 0 Å². The topological polar surface area (TPSA) is 83.8 Å². The zero-order valence-corrected chi connectivity index (χ0v) is 7.51. The second-order valence-electron chi connectivity index (χ2n) is 2.27. The van der Waals surface area contributed by atoms with E-state index < -0.39 is 0 Å². The lowest BCUT2D eigenvalue weighted by Gasteiger charge is -1.83. The minimum absolute atomic E-state index is 0.386. The first-order valence-electron chi connectivity index (χ1n) is 3.51. The SMILES string of the molecule is CNC.Cc1c(N)n[nH]c1C=O. The number of nitrogens with two attached hydrogens (primary N) is 1.